The number of aromatic nitrogens is 1. The summed E-state index contributed by atoms with van der Waals surface area (Å²) >= 11 is 7.10. The minimum absolute atomic E-state index is 0.294. The second kappa shape index (κ2) is 5.00. The van der Waals surface area contributed by atoms with Gasteiger partial charge in [0.15, 0.2) is 5.22 Å². The Kier molecular flexibility index (Phi) is 3.18. The molecule has 4 nitrogen and oxygen atoms in total. The van der Waals surface area contributed by atoms with Gasteiger partial charge in [0.2, 0.25) is 0 Å². The zero-order valence-corrected chi connectivity index (χ0v) is 11.7. The number of hydrogen-bond donors (Lipinski definition) is 1. The minimum Gasteiger partial charge on any atom is -0.444 e. The third-order valence-corrected chi connectivity index (χ3v) is 4.12. The smallest absolute Gasteiger partial charge is 0.193 e. The van der Waals surface area contributed by atoms with Gasteiger partial charge in [0.25, 0.3) is 0 Å². The molecular weight excluding hydrogens is 294 g/mol. The highest BCUT2D eigenvalue weighted by Gasteiger charge is 2.21. The zero-order valence-electron chi connectivity index (χ0n) is 10.1. The number of anilines is 1. The molecule has 3 heterocycles. The van der Waals surface area contributed by atoms with E-state index < -0.39 is 0 Å². The van der Waals surface area contributed by atoms with E-state index in [4.69, 9.17) is 27.0 Å². The first-order valence-corrected chi connectivity index (χ1v) is 6.88. The Labute approximate surface area is 124 Å². The average molecular weight is 302 g/mol. The van der Waals surface area contributed by atoms with Crippen LogP contribution in [0, 0.1) is 11.3 Å². The monoisotopic (exact) mass is 301 g/mol. The van der Waals surface area contributed by atoms with Crippen LogP contribution in [0.1, 0.15) is 4.88 Å². The molecule has 0 aliphatic heterocycles. The van der Waals surface area contributed by atoms with E-state index in [-0.39, 0.29) is 0 Å². The van der Waals surface area contributed by atoms with Crippen molar-refractivity contribution >= 4 is 28.6 Å². The first kappa shape index (κ1) is 12.7. The summed E-state index contributed by atoms with van der Waals surface area (Å²) in [6, 6.07) is 9.22. The molecule has 0 radical (unpaired) electrons. The lowest BCUT2D eigenvalue weighted by Crippen LogP contribution is -1.89. The van der Waals surface area contributed by atoms with Crippen molar-refractivity contribution in [3.8, 4) is 27.8 Å². The SMILES string of the molecule is N#Cc1sc(-c2ccc(Cl)o2)c(-c2cccnc2)c1N. The maximum atomic E-state index is 9.16. The molecule has 0 saturated heterocycles. The number of halogens is 1. The van der Waals surface area contributed by atoms with E-state index in [0.717, 1.165) is 16.0 Å². The predicted molar refractivity (Wildman–Crippen MR) is 79.4 cm³/mol. The third-order valence-electron chi connectivity index (χ3n) is 2.79. The van der Waals surface area contributed by atoms with Gasteiger partial charge < -0.3 is 10.2 Å². The quantitative estimate of drug-likeness (QED) is 0.770. The molecule has 3 aromatic rings. The Morgan fingerprint density at radius 2 is 2.20 bits per heavy atom. The number of nitrogen functional groups attached to an aromatic ring is 1. The van der Waals surface area contributed by atoms with Crippen LogP contribution in [0.4, 0.5) is 5.69 Å². The van der Waals surface area contributed by atoms with Crippen LogP contribution in [0.25, 0.3) is 21.8 Å². The van der Waals surface area contributed by atoms with Gasteiger partial charge in [-0.1, -0.05) is 6.07 Å². The van der Waals surface area contributed by atoms with E-state index in [1.54, 1.807) is 24.5 Å². The largest absolute Gasteiger partial charge is 0.444 e. The summed E-state index contributed by atoms with van der Waals surface area (Å²) in [5.41, 5.74) is 8.11. The number of hydrogen-bond acceptors (Lipinski definition) is 5. The number of nitrogens with two attached hydrogens (primary N) is 1. The van der Waals surface area contributed by atoms with Crippen LogP contribution in [0.3, 0.4) is 0 Å². The lowest BCUT2D eigenvalue weighted by Gasteiger charge is -2.03. The van der Waals surface area contributed by atoms with Gasteiger partial charge in [-0.15, -0.1) is 11.3 Å². The van der Waals surface area contributed by atoms with Gasteiger partial charge in [-0.2, -0.15) is 5.26 Å². The van der Waals surface area contributed by atoms with E-state index in [1.807, 2.05) is 12.1 Å². The van der Waals surface area contributed by atoms with Crippen LogP contribution in [-0.4, -0.2) is 4.98 Å². The van der Waals surface area contributed by atoms with Crippen LogP contribution >= 0.6 is 22.9 Å². The highest BCUT2D eigenvalue weighted by molar-refractivity contribution is 7.17. The van der Waals surface area contributed by atoms with E-state index in [1.165, 1.54) is 11.3 Å². The molecule has 0 spiro atoms. The fourth-order valence-corrected chi connectivity index (χ4v) is 3.08. The summed E-state index contributed by atoms with van der Waals surface area (Å²) in [7, 11) is 0. The maximum Gasteiger partial charge on any atom is 0.193 e. The first-order chi connectivity index (χ1) is 9.70. The van der Waals surface area contributed by atoms with Crippen LogP contribution in [0.15, 0.2) is 41.1 Å². The standard InChI is InChI=1S/C14H8ClN3OS/c15-11-4-3-9(19-11)14-12(8-2-1-5-18-7-8)13(17)10(6-16)20-14/h1-5,7H,17H2. The van der Waals surface area contributed by atoms with Crippen molar-refractivity contribution in [2.75, 3.05) is 5.73 Å². The first-order valence-electron chi connectivity index (χ1n) is 5.69. The Balaban J connectivity index is 2.28. The molecule has 0 unspecified atom stereocenters. The van der Waals surface area contributed by atoms with Gasteiger partial charge in [0, 0.05) is 23.5 Å². The predicted octanol–water partition coefficient (Wildman–Crippen LogP) is 4.18. The van der Waals surface area contributed by atoms with Crippen molar-refractivity contribution in [3.05, 3.63) is 46.8 Å². The number of furan rings is 1. The van der Waals surface area contributed by atoms with Crippen molar-refractivity contribution in [2.45, 2.75) is 0 Å². The van der Waals surface area contributed by atoms with Gasteiger partial charge in [0.05, 0.1) is 10.6 Å². The minimum atomic E-state index is 0.294. The van der Waals surface area contributed by atoms with Crippen LogP contribution in [-0.2, 0) is 0 Å². The molecular formula is C14H8ClN3OS. The summed E-state index contributed by atoms with van der Waals surface area (Å²) < 4.78 is 5.44. The summed E-state index contributed by atoms with van der Waals surface area (Å²) in [5.74, 6) is 0.590. The highest BCUT2D eigenvalue weighted by atomic mass is 35.5. The van der Waals surface area contributed by atoms with Crippen molar-refractivity contribution in [1.29, 1.82) is 5.26 Å². The van der Waals surface area contributed by atoms with Gasteiger partial charge in [0.1, 0.15) is 16.7 Å². The molecule has 0 bridgehead atoms. The fourth-order valence-electron chi connectivity index (χ4n) is 1.93. The molecule has 0 saturated carbocycles. The lowest BCUT2D eigenvalue weighted by atomic mass is 10.1. The van der Waals surface area contributed by atoms with E-state index >= 15 is 0 Å². The highest BCUT2D eigenvalue weighted by Crippen LogP contribution is 2.45. The Morgan fingerprint density at radius 3 is 2.80 bits per heavy atom. The topological polar surface area (TPSA) is 75.8 Å². The summed E-state index contributed by atoms with van der Waals surface area (Å²) in [6.45, 7) is 0. The lowest BCUT2D eigenvalue weighted by molar-refractivity contribution is 0.586. The Hall–Kier alpha value is -2.29. The van der Waals surface area contributed by atoms with E-state index in [0.29, 0.717) is 21.5 Å². The second-order valence-electron chi connectivity index (χ2n) is 4.01. The second-order valence-corrected chi connectivity index (χ2v) is 5.40. The molecule has 0 aliphatic rings. The van der Waals surface area contributed by atoms with Crippen LogP contribution in [0.2, 0.25) is 5.22 Å². The number of rotatable bonds is 2. The molecule has 0 atom stereocenters. The van der Waals surface area contributed by atoms with E-state index in [9.17, 15) is 0 Å². The zero-order chi connectivity index (χ0) is 14.1. The molecule has 0 amide bonds. The average Bonchev–Trinajstić information content (AvgIpc) is 3.03. The molecule has 3 rings (SSSR count). The normalized spacial score (nSPS) is 10.4. The van der Waals surface area contributed by atoms with Crippen molar-refractivity contribution in [1.82, 2.24) is 4.98 Å². The molecule has 98 valence electrons. The fraction of sp³-hybridized carbons (Fsp3) is 0. The van der Waals surface area contributed by atoms with Crippen molar-refractivity contribution in [2.24, 2.45) is 0 Å². The Morgan fingerprint density at radius 1 is 1.35 bits per heavy atom. The van der Waals surface area contributed by atoms with Gasteiger partial charge in [-0.3, -0.25) is 4.98 Å². The molecule has 20 heavy (non-hydrogen) atoms. The van der Waals surface area contributed by atoms with Gasteiger partial charge >= 0.3 is 0 Å². The summed E-state index contributed by atoms with van der Waals surface area (Å²) in [4.78, 5) is 5.31. The molecule has 0 aromatic carbocycles. The number of nitriles is 1. The maximum absolute atomic E-state index is 9.16. The Bertz CT molecular complexity index is 802. The van der Waals surface area contributed by atoms with Gasteiger partial charge in [-0.25, -0.2) is 0 Å². The van der Waals surface area contributed by atoms with Crippen LogP contribution in [0.5, 0.6) is 0 Å². The van der Waals surface area contributed by atoms with Crippen LogP contribution < -0.4 is 5.73 Å². The van der Waals surface area contributed by atoms with Gasteiger partial charge in [-0.05, 0) is 29.8 Å². The number of thiophene rings is 1. The summed E-state index contributed by atoms with van der Waals surface area (Å²) in [5, 5.41) is 9.46. The number of nitrogens with zero attached hydrogens (tertiary/aromatic N) is 2. The van der Waals surface area contributed by atoms with Crippen molar-refractivity contribution < 1.29 is 4.42 Å². The molecule has 6 heteroatoms. The molecule has 2 N–H and O–H groups in total. The van der Waals surface area contributed by atoms with Crippen molar-refractivity contribution in [3.63, 3.8) is 0 Å². The molecule has 3 aromatic heterocycles. The third kappa shape index (κ3) is 2.05. The summed E-state index contributed by atoms with van der Waals surface area (Å²) in [6.07, 6.45) is 3.38. The molecule has 0 fully saturated rings. The van der Waals surface area contributed by atoms with E-state index in [2.05, 4.69) is 11.1 Å². The number of pyridine rings is 1. The molecule has 0 aliphatic carbocycles.